The Kier molecular flexibility index (Phi) is 4.77. The number of hydrogen-bond donors (Lipinski definition) is 3. The van der Waals surface area contributed by atoms with Crippen LogP contribution in [0.1, 0.15) is 12.8 Å². The van der Waals surface area contributed by atoms with Gasteiger partial charge in [0.15, 0.2) is 5.84 Å². The second-order valence-corrected chi connectivity index (χ2v) is 3.92. The molecule has 15 heavy (non-hydrogen) atoms. The van der Waals surface area contributed by atoms with Gasteiger partial charge in [-0.3, -0.25) is 9.29 Å². The molecule has 0 aromatic rings. The van der Waals surface area contributed by atoms with Gasteiger partial charge in [-0.15, -0.1) is 0 Å². The van der Waals surface area contributed by atoms with Crippen molar-refractivity contribution in [1.82, 2.24) is 4.90 Å². The van der Waals surface area contributed by atoms with E-state index in [0.29, 0.717) is 32.5 Å². The number of amidine groups is 1. The molecule has 0 aromatic carbocycles. The van der Waals surface area contributed by atoms with Gasteiger partial charge >= 0.3 is 0 Å². The summed E-state index contributed by atoms with van der Waals surface area (Å²) in [6.07, 6.45) is 0.557. The van der Waals surface area contributed by atoms with E-state index in [1.807, 2.05) is 4.90 Å². The van der Waals surface area contributed by atoms with Crippen LogP contribution in [0.4, 0.5) is 4.39 Å². The highest BCUT2D eigenvalue weighted by molar-refractivity contribution is 5.81. The van der Waals surface area contributed by atoms with Crippen molar-refractivity contribution >= 4 is 5.84 Å². The van der Waals surface area contributed by atoms with Crippen LogP contribution >= 0.6 is 0 Å². The summed E-state index contributed by atoms with van der Waals surface area (Å²) in [4.78, 5) is 1.96. The minimum absolute atomic E-state index is 0.0461. The maximum absolute atomic E-state index is 12.2. The lowest BCUT2D eigenvalue weighted by atomic mass is 9.92. The van der Waals surface area contributed by atoms with E-state index in [9.17, 15) is 9.50 Å². The number of alkyl halides is 1. The number of hydrogen-bond acceptors (Lipinski definition) is 4. The summed E-state index contributed by atoms with van der Waals surface area (Å²) < 4.78 is 12.2. The molecule has 1 rings (SSSR count). The Hall–Kier alpha value is -0.880. The highest BCUT2D eigenvalue weighted by Gasteiger charge is 2.27. The number of oxime groups is 1. The van der Waals surface area contributed by atoms with Gasteiger partial charge in [-0.2, -0.15) is 0 Å². The van der Waals surface area contributed by atoms with Gasteiger partial charge in [0.25, 0.3) is 0 Å². The molecule has 0 spiro atoms. The molecule has 0 bridgehead atoms. The molecule has 0 aromatic heterocycles. The molecule has 88 valence electrons. The van der Waals surface area contributed by atoms with E-state index in [2.05, 4.69) is 5.16 Å². The average molecular weight is 219 g/mol. The predicted molar refractivity (Wildman–Crippen MR) is 54.6 cm³/mol. The number of halogens is 1. The number of nitrogens with two attached hydrogens (primary N) is 1. The van der Waals surface area contributed by atoms with Gasteiger partial charge in [0.2, 0.25) is 0 Å². The second kappa shape index (κ2) is 5.87. The van der Waals surface area contributed by atoms with Crippen molar-refractivity contribution in [3.63, 3.8) is 0 Å². The van der Waals surface area contributed by atoms with Crippen molar-refractivity contribution in [1.29, 1.82) is 0 Å². The lowest BCUT2D eigenvalue weighted by Gasteiger charge is -2.35. The van der Waals surface area contributed by atoms with E-state index < -0.39 is 12.8 Å². The minimum Gasteiger partial charge on any atom is -0.409 e. The normalized spacial score (nSPS) is 29.3. The van der Waals surface area contributed by atoms with Gasteiger partial charge < -0.3 is 16.0 Å². The number of likely N-dealkylation sites (tertiary alicyclic amines) is 1. The predicted octanol–water partition coefficient (Wildman–Crippen LogP) is -0.225. The largest absolute Gasteiger partial charge is 0.409 e. The molecule has 4 N–H and O–H groups in total. The van der Waals surface area contributed by atoms with E-state index in [1.54, 1.807) is 0 Å². The fourth-order valence-corrected chi connectivity index (χ4v) is 1.92. The Morgan fingerprint density at radius 3 is 2.93 bits per heavy atom. The van der Waals surface area contributed by atoms with Gasteiger partial charge in [-0.05, 0) is 12.8 Å². The van der Waals surface area contributed by atoms with Crippen LogP contribution in [0.15, 0.2) is 5.16 Å². The first-order chi connectivity index (χ1) is 7.17. The molecular weight excluding hydrogens is 201 g/mol. The van der Waals surface area contributed by atoms with Crippen LogP contribution in [0.3, 0.4) is 0 Å². The molecule has 6 heteroatoms. The quantitative estimate of drug-likeness (QED) is 0.264. The summed E-state index contributed by atoms with van der Waals surface area (Å²) in [7, 11) is 0. The van der Waals surface area contributed by atoms with Crippen LogP contribution in [0.5, 0.6) is 0 Å². The standard InChI is InChI=1S/C9H18FN3O2/c10-3-1-7-5-13(4-2-8(7)14)6-9(11)12-15/h7-8,14-15H,1-6H2,(H2,11,12). The first-order valence-electron chi connectivity index (χ1n) is 5.10. The van der Waals surface area contributed by atoms with E-state index in [1.165, 1.54) is 0 Å². The first kappa shape index (κ1) is 12.2. The summed E-state index contributed by atoms with van der Waals surface area (Å²) in [6.45, 7) is 1.24. The SMILES string of the molecule is N/C(CN1CCC(O)C(CCF)C1)=N\O. The number of rotatable bonds is 4. The van der Waals surface area contributed by atoms with Crippen molar-refractivity contribution in [2.75, 3.05) is 26.3 Å². The van der Waals surface area contributed by atoms with Crippen molar-refractivity contribution in [3.8, 4) is 0 Å². The Balaban J connectivity index is 2.42. The molecule has 2 unspecified atom stereocenters. The molecule has 1 fully saturated rings. The number of piperidine rings is 1. The number of nitrogens with zero attached hydrogens (tertiary/aromatic N) is 2. The third-order valence-electron chi connectivity index (χ3n) is 2.77. The zero-order valence-electron chi connectivity index (χ0n) is 8.64. The summed E-state index contributed by atoms with van der Waals surface area (Å²) in [5.41, 5.74) is 5.38. The monoisotopic (exact) mass is 219 g/mol. The third-order valence-corrected chi connectivity index (χ3v) is 2.77. The van der Waals surface area contributed by atoms with Crippen LogP contribution in [-0.2, 0) is 0 Å². The smallest absolute Gasteiger partial charge is 0.153 e. The van der Waals surface area contributed by atoms with Crippen LogP contribution in [0, 0.1) is 5.92 Å². The van der Waals surface area contributed by atoms with Crippen LogP contribution in [0.2, 0.25) is 0 Å². The molecule has 0 aliphatic carbocycles. The molecule has 1 aliphatic rings. The highest BCUT2D eigenvalue weighted by Crippen LogP contribution is 2.20. The molecule has 1 aliphatic heterocycles. The van der Waals surface area contributed by atoms with Crippen molar-refractivity contribution in [2.24, 2.45) is 16.8 Å². The van der Waals surface area contributed by atoms with Gasteiger partial charge in [0.1, 0.15) is 0 Å². The fourth-order valence-electron chi connectivity index (χ4n) is 1.92. The van der Waals surface area contributed by atoms with E-state index in [-0.39, 0.29) is 11.8 Å². The van der Waals surface area contributed by atoms with Crippen LogP contribution in [-0.4, -0.2) is 53.5 Å². The molecule has 1 heterocycles. The topological polar surface area (TPSA) is 82.1 Å². The van der Waals surface area contributed by atoms with E-state index in [0.717, 1.165) is 0 Å². The Bertz CT molecular complexity index is 225. The summed E-state index contributed by atoms with van der Waals surface area (Å²) in [6, 6.07) is 0. The second-order valence-electron chi connectivity index (χ2n) is 3.92. The lowest BCUT2D eigenvalue weighted by molar-refractivity contribution is 0.0255. The summed E-state index contributed by atoms with van der Waals surface area (Å²) in [5.74, 6) is 0.0978. The van der Waals surface area contributed by atoms with E-state index >= 15 is 0 Å². The van der Waals surface area contributed by atoms with Crippen molar-refractivity contribution < 1.29 is 14.7 Å². The van der Waals surface area contributed by atoms with E-state index in [4.69, 9.17) is 10.9 Å². The van der Waals surface area contributed by atoms with Crippen molar-refractivity contribution in [3.05, 3.63) is 0 Å². The maximum Gasteiger partial charge on any atom is 0.153 e. The number of aliphatic hydroxyl groups excluding tert-OH is 1. The molecule has 2 atom stereocenters. The summed E-state index contributed by atoms with van der Waals surface area (Å²) in [5, 5.41) is 20.9. The zero-order chi connectivity index (χ0) is 11.3. The Morgan fingerprint density at radius 1 is 1.60 bits per heavy atom. The molecular formula is C9H18FN3O2. The number of aliphatic hydroxyl groups is 1. The maximum atomic E-state index is 12.2. The van der Waals surface area contributed by atoms with Gasteiger partial charge in [-0.1, -0.05) is 5.16 Å². The minimum atomic E-state index is -0.427. The Labute approximate surface area is 88.4 Å². The molecule has 0 saturated carbocycles. The molecule has 5 nitrogen and oxygen atoms in total. The van der Waals surface area contributed by atoms with Crippen molar-refractivity contribution in [2.45, 2.75) is 18.9 Å². The van der Waals surface area contributed by atoms with Gasteiger partial charge in [-0.25, -0.2) is 0 Å². The Morgan fingerprint density at radius 2 is 2.33 bits per heavy atom. The molecule has 0 amide bonds. The highest BCUT2D eigenvalue weighted by atomic mass is 19.1. The van der Waals surface area contributed by atoms with Gasteiger partial charge in [0, 0.05) is 19.0 Å². The molecule has 1 saturated heterocycles. The lowest BCUT2D eigenvalue weighted by Crippen LogP contribution is -2.46. The fraction of sp³-hybridized carbons (Fsp3) is 0.889. The average Bonchev–Trinajstić information content (AvgIpc) is 2.23. The van der Waals surface area contributed by atoms with Gasteiger partial charge in [0.05, 0.1) is 19.3 Å². The van der Waals surface area contributed by atoms with Crippen LogP contribution in [0.25, 0.3) is 0 Å². The van der Waals surface area contributed by atoms with Crippen LogP contribution < -0.4 is 5.73 Å². The first-order valence-corrected chi connectivity index (χ1v) is 5.10. The molecule has 0 radical (unpaired) electrons. The summed E-state index contributed by atoms with van der Waals surface area (Å²) >= 11 is 0. The third kappa shape index (κ3) is 3.64. The zero-order valence-corrected chi connectivity index (χ0v) is 8.64.